The second-order valence-corrected chi connectivity index (χ2v) is 10.1. The summed E-state index contributed by atoms with van der Waals surface area (Å²) in [6, 6.07) is 14.7. The number of nitrogens with zero attached hydrogens (tertiary/aromatic N) is 1. The van der Waals surface area contributed by atoms with Crippen LogP contribution in [0.2, 0.25) is 0 Å². The third-order valence-corrected chi connectivity index (χ3v) is 7.24. The molecule has 2 aromatic rings. The zero-order valence-electron chi connectivity index (χ0n) is 22.6. The Hall–Kier alpha value is -3.76. The molecule has 10 heteroatoms. The van der Waals surface area contributed by atoms with E-state index >= 15 is 0 Å². The summed E-state index contributed by atoms with van der Waals surface area (Å²) in [7, 11) is 0. The van der Waals surface area contributed by atoms with Crippen LogP contribution in [-0.2, 0) is 25.5 Å². The number of para-hydroxylation sites is 1. The number of hydrogen-bond acceptors (Lipinski definition) is 6. The lowest BCUT2D eigenvalue weighted by Crippen LogP contribution is -2.50. The van der Waals surface area contributed by atoms with Gasteiger partial charge in [-0.25, -0.2) is 0 Å². The number of carboxylic acid groups (broad SMARTS) is 1. The van der Waals surface area contributed by atoms with E-state index in [2.05, 4.69) is 21.4 Å². The molecule has 3 atom stereocenters. The van der Waals surface area contributed by atoms with E-state index < -0.39 is 23.8 Å². The molecular weight excluding hydrogens is 514 g/mol. The predicted molar refractivity (Wildman–Crippen MR) is 148 cm³/mol. The summed E-state index contributed by atoms with van der Waals surface area (Å²) in [4.78, 5) is 38.1. The summed E-state index contributed by atoms with van der Waals surface area (Å²) in [5, 5.41) is 24.1. The standard InChI is InChI=1S/C30H37N3O7/c34-14-17-40-24-10-8-21(9-11-24)4-3-5-22(19-28(35)36)29(37)32-26-18-23-20-33(27-7-2-1-6-25(23)27)13-16-39-15-12-31-30(26)38/h1-2,6-11,20,22-23,26,34H,3-5,12-19H2,(H2-,31,32,35,36,37,38)/p+1/t22-,23?,26+/m1/s1. The summed E-state index contributed by atoms with van der Waals surface area (Å²) < 4.78 is 13.2. The van der Waals surface area contributed by atoms with Crippen LogP contribution in [0, 0.1) is 5.92 Å². The first-order valence-corrected chi connectivity index (χ1v) is 13.9. The molecule has 2 aliphatic heterocycles. The van der Waals surface area contributed by atoms with Crippen LogP contribution in [0.25, 0.3) is 0 Å². The van der Waals surface area contributed by atoms with E-state index in [1.807, 2.05) is 48.5 Å². The van der Waals surface area contributed by atoms with Crippen molar-refractivity contribution in [2.75, 3.05) is 39.5 Å². The normalized spacial score (nSPS) is 19.7. The van der Waals surface area contributed by atoms with Gasteiger partial charge in [-0.15, -0.1) is 0 Å². The number of carbonyl (C=O) groups is 3. The second kappa shape index (κ2) is 14.6. The molecule has 0 aliphatic carbocycles. The third-order valence-electron chi connectivity index (χ3n) is 7.24. The van der Waals surface area contributed by atoms with Gasteiger partial charge < -0.3 is 30.3 Å². The molecule has 40 heavy (non-hydrogen) atoms. The van der Waals surface area contributed by atoms with E-state index in [0.717, 1.165) is 16.8 Å². The summed E-state index contributed by atoms with van der Waals surface area (Å²) in [6.45, 7) is 2.08. The molecule has 0 spiro atoms. The van der Waals surface area contributed by atoms with Crippen LogP contribution in [0.3, 0.4) is 0 Å². The van der Waals surface area contributed by atoms with Crippen LogP contribution >= 0.6 is 0 Å². The fraction of sp³-hybridized carbons (Fsp3) is 0.467. The first kappa shape index (κ1) is 29.2. The molecule has 214 valence electrons. The topological polar surface area (TPSA) is 137 Å². The Bertz CT molecular complexity index is 1200. The fourth-order valence-corrected chi connectivity index (χ4v) is 5.24. The Balaban J connectivity index is 1.42. The zero-order chi connectivity index (χ0) is 28.3. The molecule has 4 N–H and O–H groups in total. The van der Waals surface area contributed by atoms with Gasteiger partial charge in [-0.05, 0) is 43.4 Å². The number of aliphatic hydroxyl groups is 1. The molecule has 0 fully saturated rings. The van der Waals surface area contributed by atoms with E-state index in [4.69, 9.17) is 14.6 Å². The number of carboxylic acids is 1. The average molecular weight is 553 g/mol. The van der Waals surface area contributed by atoms with Crippen molar-refractivity contribution in [2.45, 2.75) is 44.1 Å². The first-order valence-electron chi connectivity index (χ1n) is 13.9. The van der Waals surface area contributed by atoms with E-state index in [1.165, 1.54) is 0 Å². The largest absolute Gasteiger partial charge is 0.491 e. The highest BCUT2D eigenvalue weighted by Crippen LogP contribution is 2.34. The molecular formula is C30H38N3O7+. The van der Waals surface area contributed by atoms with E-state index in [1.54, 1.807) is 0 Å². The highest BCUT2D eigenvalue weighted by molar-refractivity contribution is 5.90. The van der Waals surface area contributed by atoms with E-state index in [-0.39, 0.29) is 31.5 Å². The third kappa shape index (κ3) is 8.12. The number of nitrogens with one attached hydrogen (secondary N) is 2. The Morgan fingerprint density at radius 1 is 1.15 bits per heavy atom. The van der Waals surface area contributed by atoms with Crippen molar-refractivity contribution in [1.82, 2.24) is 10.6 Å². The average Bonchev–Trinajstić information content (AvgIpc) is 3.30. The van der Waals surface area contributed by atoms with Gasteiger partial charge in [-0.1, -0.05) is 30.3 Å². The van der Waals surface area contributed by atoms with Crippen molar-refractivity contribution in [1.29, 1.82) is 0 Å². The summed E-state index contributed by atoms with van der Waals surface area (Å²) in [5.41, 5.74) is 3.19. The van der Waals surface area contributed by atoms with Crippen LogP contribution in [0.1, 0.15) is 42.7 Å². The van der Waals surface area contributed by atoms with Crippen LogP contribution in [-0.4, -0.2) is 84.3 Å². The molecule has 10 nitrogen and oxygen atoms in total. The molecule has 2 bridgehead atoms. The Kier molecular flexibility index (Phi) is 10.7. The van der Waals surface area contributed by atoms with Gasteiger partial charge in [-0.2, -0.15) is 4.58 Å². The van der Waals surface area contributed by atoms with Crippen molar-refractivity contribution in [3.8, 4) is 5.75 Å². The number of carbonyl (C=O) groups excluding carboxylic acids is 2. The van der Waals surface area contributed by atoms with Crippen LogP contribution in [0.4, 0.5) is 5.69 Å². The van der Waals surface area contributed by atoms with Gasteiger partial charge >= 0.3 is 5.97 Å². The maximum Gasteiger partial charge on any atom is 0.304 e. The van der Waals surface area contributed by atoms with E-state index in [9.17, 15) is 19.5 Å². The van der Waals surface area contributed by atoms with Crippen molar-refractivity contribution < 1.29 is 38.6 Å². The molecule has 2 aromatic carbocycles. The minimum atomic E-state index is -1.06. The molecule has 2 heterocycles. The number of hydrogen-bond donors (Lipinski definition) is 4. The lowest BCUT2D eigenvalue weighted by atomic mass is 9.92. The smallest absolute Gasteiger partial charge is 0.304 e. The monoisotopic (exact) mass is 552 g/mol. The Morgan fingerprint density at radius 2 is 1.95 bits per heavy atom. The van der Waals surface area contributed by atoms with Crippen molar-refractivity contribution in [2.24, 2.45) is 5.92 Å². The van der Waals surface area contributed by atoms with Gasteiger partial charge in [0, 0.05) is 24.1 Å². The van der Waals surface area contributed by atoms with E-state index in [0.29, 0.717) is 57.7 Å². The Labute approximate surface area is 234 Å². The summed E-state index contributed by atoms with van der Waals surface area (Å²) >= 11 is 0. The highest BCUT2D eigenvalue weighted by Gasteiger charge is 2.35. The van der Waals surface area contributed by atoms with Crippen molar-refractivity contribution in [3.63, 3.8) is 0 Å². The minimum absolute atomic E-state index is 0.0592. The quantitative estimate of drug-likeness (QED) is 0.313. The van der Waals surface area contributed by atoms with Gasteiger partial charge in [-0.3, -0.25) is 14.4 Å². The minimum Gasteiger partial charge on any atom is -0.491 e. The van der Waals surface area contributed by atoms with Gasteiger partial charge in [0.15, 0.2) is 12.8 Å². The number of aliphatic carboxylic acids is 1. The van der Waals surface area contributed by atoms with Gasteiger partial charge in [0.2, 0.25) is 17.5 Å². The number of amides is 2. The molecule has 0 saturated heterocycles. The molecule has 0 saturated carbocycles. The molecule has 0 radical (unpaired) electrons. The van der Waals surface area contributed by atoms with Gasteiger partial charge in [0.05, 0.1) is 25.6 Å². The second-order valence-electron chi connectivity index (χ2n) is 10.1. The number of aryl methyl sites for hydroxylation is 1. The Morgan fingerprint density at radius 3 is 2.73 bits per heavy atom. The van der Waals surface area contributed by atoms with Crippen LogP contribution in [0.15, 0.2) is 48.5 Å². The number of ether oxygens (including phenoxy) is 2. The molecule has 2 aliphatic rings. The highest BCUT2D eigenvalue weighted by atomic mass is 16.5. The van der Waals surface area contributed by atoms with Crippen molar-refractivity contribution >= 4 is 29.7 Å². The maximum atomic E-state index is 13.4. The van der Waals surface area contributed by atoms with Gasteiger partial charge in [0.1, 0.15) is 25.0 Å². The number of aliphatic hydroxyl groups excluding tert-OH is 1. The zero-order valence-corrected chi connectivity index (χ0v) is 22.6. The number of rotatable bonds is 11. The van der Waals surface area contributed by atoms with Crippen LogP contribution in [0.5, 0.6) is 5.75 Å². The summed E-state index contributed by atoms with van der Waals surface area (Å²) in [6.07, 6.45) is 3.78. The molecule has 1 unspecified atom stereocenters. The molecule has 0 aromatic heterocycles. The molecule has 2 amide bonds. The number of benzene rings is 2. The summed E-state index contributed by atoms with van der Waals surface area (Å²) in [5.74, 6) is -1.97. The SMILES string of the molecule is O=C(O)C[C@@H](CCCc1ccc(OCCO)cc1)C(=O)N[C@H]1CC2C=[N+](CCOCCNC1=O)c1ccccc12. The van der Waals surface area contributed by atoms with Crippen molar-refractivity contribution in [3.05, 3.63) is 59.7 Å². The maximum absolute atomic E-state index is 13.4. The predicted octanol–water partition coefficient (Wildman–Crippen LogP) is 2.00. The van der Waals surface area contributed by atoms with Crippen LogP contribution < -0.4 is 15.4 Å². The lowest BCUT2D eigenvalue weighted by molar-refractivity contribution is -0.437. The fourth-order valence-electron chi connectivity index (χ4n) is 5.24. The lowest BCUT2D eigenvalue weighted by Gasteiger charge is -2.23. The molecule has 4 rings (SSSR count). The first-order chi connectivity index (χ1) is 19.4. The van der Waals surface area contributed by atoms with Gasteiger partial charge in [0.25, 0.3) is 0 Å². The number of fused-ring (bicyclic) bond motifs is 4.